The third kappa shape index (κ3) is 42.9. The van der Waals surface area contributed by atoms with E-state index in [0.717, 1.165) is 187 Å². The van der Waals surface area contributed by atoms with Gasteiger partial charge in [-0.3, -0.25) is 0 Å². The maximum absolute atomic E-state index is 10.7. The van der Waals surface area contributed by atoms with E-state index in [2.05, 4.69) is 257 Å². The summed E-state index contributed by atoms with van der Waals surface area (Å²) in [7, 11) is -42.6. The molecule has 12 aromatic rings. The summed E-state index contributed by atoms with van der Waals surface area (Å²) in [5.74, 6) is 2.93. The Morgan fingerprint density at radius 3 is 0.732 bits per heavy atom. The fourth-order valence-electron chi connectivity index (χ4n) is 16.2. The van der Waals surface area contributed by atoms with Crippen LogP contribution in [-0.4, -0.2) is 116 Å². The summed E-state index contributed by atoms with van der Waals surface area (Å²) in [6.45, 7) is 27.7. The Hall–Kier alpha value is -11.1. The van der Waals surface area contributed by atoms with E-state index < -0.39 is 31.2 Å². The summed E-state index contributed by atoms with van der Waals surface area (Å²) in [6, 6.07) is 63.9. The van der Waals surface area contributed by atoms with Gasteiger partial charge in [-0.15, -0.1) is 22.1 Å². The van der Waals surface area contributed by atoms with Crippen molar-refractivity contribution in [2.24, 2.45) is 0 Å². The Bertz CT molecular complexity index is 6200. The summed E-state index contributed by atoms with van der Waals surface area (Å²) in [6.07, 6.45) is 20.5. The molecule has 0 amide bonds. The molecule has 0 unspecified atom stereocenters. The van der Waals surface area contributed by atoms with E-state index in [1.54, 1.807) is 0 Å². The van der Waals surface area contributed by atoms with E-state index >= 15 is 0 Å². The molecule has 0 atom stereocenters. The number of aromatic nitrogens is 8. The molecule has 5 aromatic carbocycles. The van der Waals surface area contributed by atoms with E-state index in [1.165, 1.54) is 44.5 Å². The van der Waals surface area contributed by atoms with E-state index in [9.17, 15) is 101 Å². The average Bonchev–Trinajstić information content (AvgIpc) is 1.58. The maximum Gasteiger partial charge on any atom is 2.00 e. The van der Waals surface area contributed by atoms with Crippen molar-refractivity contribution in [2.75, 3.05) is 106 Å². The quantitative estimate of drug-likeness (QED) is 0.0708. The van der Waals surface area contributed by atoms with E-state index in [0.29, 0.717) is 106 Å². The number of allylic oxidation sites excluding steroid dienone is 4. The van der Waals surface area contributed by atoms with Crippen molar-refractivity contribution in [3.8, 4) is 67.5 Å². The number of benzene rings is 5. The fourth-order valence-corrected chi connectivity index (χ4v) is 16.2. The monoisotopic (exact) mass is 2250 g/mol. The van der Waals surface area contributed by atoms with Crippen LogP contribution in [0.2, 0.25) is 0 Å². The summed E-state index contributed by atoms with van der Waals surface area (Å²) < 4.78 is 306. The van der Waals surface area contributed by atoms with Gasteiger partial charge in [-0.2, -0.15) is 0 Å². The minimum absolute atomic E-state index is 0. The van der Waals surface area contributed by atoms with E-state index in [1.807, 2.05) is 48.5 Å². The number of hydrogen-bond donors (Lipinski definition) is 0. The number of ether oxygens (including phenoxy) is 10. The molecule has 18 nitrogen and oxygen atoms in total. The predicted octanol–water partition coefficient (Wildman–Crippen LogP) is 30.9. The smallest absolute Gasteiger partial charge is 0.201 e. The molecule has 0 aliphatic carbocycles. The molecule has 47 heteroatoms. The standard InChI is InChI=1S/C66H78N4O10.C36H32N4.4F6P.Zn/c1-9-49-43(5)63-61-53-17-13-15-19-59(53)79-39-35-75-31-27-71-25-29-73-33-37-77-47-21-23-48(24-22-47)78-38-34-74-30-26-72-28-32-76-36-40-80-60-20-16-14-18-54(60)62(65-44(6)50(10-2)56(68-65)41-55(49)67-63)66-46(8)52(12-4)58(70-66)42-57-51(11-3)45(7)64(61)69-57;1-2-30-4-3-29(1)25-37-17-9-33(10-18-37)35-13-21-39(22-14-35)27-31-5-7-32(8-6-31)28-40-23-15-36(16-24-40)34-11-19-38(26-30)20-12-34;4*1-7(2,3,4,5)6;/h13-24,41-42H,9-12,25-40H2,1-8H3;1-24H,25-28H2;;;;;/q-2;+4;4*-1;+2. The molecule has 24 bridgehead atoms. The van der Waals surface area contributed by atoms with Crippen LogP contribution in [-0.2, 0) is 86.9 Å². The Labute approximate surface area is 856 Å². The number of rotatable bonds is 4. The largest absolute Gasteiger partial charge is 2.00 e. The van der Waals surface area contributed by atoms with Gasteiger partial charge in [0.2, 0.25) is 0 Å². The topological polar surface area (TPSA) is 162 Å². The SMILES string of the molecule is CCC1=C(C)c2nc1cc1[n-]c(c(C)c1CC)c1c3nc(cc4[n-]c(c(C)c4CC)c2-c2ccccc2OCCOCCOCCOCCOc2ccc(cc2)OCCOCCOCCOCCOc2ccccc2-1)C(CC)=C3C.F[P-](F)(F)(F)(F)F.F[P-](F)(F)(F)(F)F.F[P-](F)(F)(F)(F)F.F[P-](F)(F)(F)(F)F.[Zn+2].c1cc2ccc1C[n+]1ccc(cc1)-c1cc[n+](cc1)Cc1ccc(cc1)C[n+]1ccc(cc1)-c1cc[n+](cc1)C2. The maximum atomic E-state index is 9.87. The average molecular weight is 2250 g/mol. The molecule has 22 aliphatic rings. The third-order valence-corrected chi connectivity index (χ3v) is 22.6. The first-order chi connectivity index (χ1) is 68.8. The third-order valence-electron chi connectivity index (χ3n) is 22.6. The zero-order valence-corrected chi connectivity index (χ0v) is 88.7. The van der Waals surface area contributed by atoms with Gasteiger partial charge in [0, 0.05) is 81.9 Å². The molecule has 22 aliphatic heterocycles. The van der Waals surface area contributed by atoms with E-state index in [-0.39, 0.29) is 19.5 Å². The van der Waals surface area contributed by atoms with Crippen LogP contribution in [0.5, 0.6) is 23.0 Å². The Kier molecular flexibility index (Phi) is 37.5. The molecular formula is C102H110F24N8O10P4Zn. The summed E-state index contributed by atoms with van der Waals surface area (Å²) >= 11 is 0. The first-order valence-electron chi connectivity index (χ1n) is 46.5. The Morgan fingerprint density at radius 2 is 0.503 bits per heavy atom. The van der Waals surface area contributed by atoms with Gasteiger partial charge in [-0.1, -0.05) is 147 Å². The van der Waals surface area contributed by atoms with Gasteiger partial charge >= 0.3 is 151 Å². The molecule has 149 heavy (non-hydrogen) atoms. The first kappa shape index (κ1) is 120. The number of para-hydroxylation sites is 2. The summed E-state index contributed by atoms with van der Waals surface area (Å²) in [5, 5.41) is 0. The van der Waals surface area contributed by atoms with Gasteiger partial charge in [0.15, 0.2) is 75.8 Å². The molecule has 0 radical (unpaired) electrons. The Balaban J connectivity index is 0.000000268. The number of halogens is 24. The molecule has 0 saturated carbocycles. The van der Waals surface area contributed by atoms with Crippen molar-refractivity contribution in [3.63, 3.8) is 0 Å². The molecule has 0 spiro atoms. The normalized spacial score (nSPS) is 16.5. The molecule has 29 heterocycles. The van der Waals surface area contributed by atoms with Crippen LogP contribution in [0.15, 0.2) is 232 Å². The Morgan fingerprint density at radius 1 is 0.282 bits per heavy atom. The molecule has 7 aromatic heterocycles. The van der Waals surface area contributed by atoms with Crippen LogP contribution in [0.25, 0.3) is 88.9 Å². The van der Waals surface area contributed by atoms with E-state index in [4.69, 9.17) is 67.3 Å². The van der Waals surface area contributed by atoms with Crippen molar-refractivity contribution in [2.45, 2.75) is 107 Å². The molecule has 34 rings (SSSR count). The minimum Gasteiger partial charge on any atom is -0.201 e. The van der Waals surface area contributed by atoms with Crippen molar-refractivity contribution in [1.29, 1.82) is 0 Å². The zero-order valence-electron chi connectivity index (χ0n) is 82.1. The number of aryl methyl sites for hydroxylation is 4. The second kappa shape index (κ2) is 46.6. The van der Waals surface area contributed by atoms with Crippen molar-refractivity contribution < 1.29 is 186 Å². The summed E-state index contributed by atoms with van der Waals surface area (Å²) in [5.41, 5.74) is 29.9. The van der Waals surface area contributed by atoms with Crippen molar-refractivity contribution in [3.05, 3.63) is 299 Å². The van der Waals surface area contributed by atoms with Crippen LogP contribution in [0.1, 0.15) is 122 Å². The summed E-state index contributed by atoms with van der Waals surface area (Å²) in [4.78, 5) is 22.5. The molecule has 0 saturated heterocycles. The van der Waals surface area contributed by atoms with Crippen LogP contribution in [0, 0.1) is 13.8 Å². The van der Waals surface area contributed by atoms with Crippen molar-refractivity contribution >= 4 is 75.6 Å². The molecule has 0 N–H and O–H groups in total. The van der Waals surface area contributed by atoms with Gasteiger partial charge in [-0.25, -0.2) is 28.2 Å². The number of pyridine rings is 4. The van der Waals surface area contributed by atoms with Crippen LogP contribution in [0.4, 0.5) is 101 Å². The molecular weight excluding hydrogens is 2140 g/mol. The molecule has 0 fully saturated rings. The van der Waals surface area contributed by atoms with Crippen LogP contribution >= 0.6 is 31.2 Å². The van der Waals surface area contributed by atoms with Crippen LogP contribution < -0.4 is 47.2 Å². The second-order valence-corrected chi connectivity index (χ2v) is 42.0. The minimum atomic E-state index is -10.7. The van der Waals surface area contributed by atoms with Gasteiger partial charge in [0.25, 0.3) is 0 Å². The first-order valence-corrected chi connectivity index (χ1v) is 54.6. The van der Waals surface area contributed by atoms with Crippen molar-refractivity contribution in [1.82, 2.24) is 19.9 Å². The molecule has 808 valence electrons. The fraction of sp³-hybridized carbons (Fsp3) is 0.314. The zero-order chi connectivity index (χ0) is 108. The number of hydrogen-bond acceptors (Lipinski definition) is 12. The van der Waals surface area contributed by atoms with Crippen LogP contribution in [0.3, 0.4) is 0 Å². The van der Waals surface area contributed by atoms with Gasteiger partial charge in [0.1, 0.15) is 49.4 Å². The predicted molar refractivity (Wildman–Crippen MR) is 525 cm³/mol. The van der Waals surface area contributed by atoms with Gasteiger partial charge < -0.3 is 57.3 Å². The number of nitrogens with zero attached hydrogens (tertiary/aromatic N) is 8. The van der Waals surface area contributed by atoms with Gasteiger partial charge in [0.05, 0.1) is 102 Å². The second-order valence-electron chi connectivity index (χ2n) is 34.3. The van der Waals surface area contributed by atoms with Gasteiger partial charge in [-0.05, 0) is 145 Å².